The molecular formula is C25H32IN5O2. The first-order valence-electron chi connectivity index (χ1n) is 11.1. The Morgan fingerprint density at radius 3 is 2.48 bits per heavy atom. The lowest BCUT2D eigenvalue weighted by atomic mass is 10.1. The van der Waals surface area contributed by atoms with E-state index in [0.717, 1.165) is 47.1 Å². The Balaban J connectivity index is 0.00000306. The van der Waals surface area contributed by atoms with Gasteiger partial charge in [0.1, 0.15) is 0 Å². The van der Waals surface area contributed by atoms with Gasteiger partial charge >= 0.3 is 0 Å². The van der Waals surface area contributed by atoms with Crippen LogP contribution in [0.15, 0.2) is 66.2 Å². The fraction of sp³-hybridized carbons (Fsp3) is 0.360. The van der Waals surface area contributed by atoms with Crippen molar-refractivity contribution < 1.29 is 9.47 Å². The highest BCUT2D eigenvalue weighted by Crippen LogP contribution is 2.34. The van der Waals surface area contributed by atoms with Gasteiger partial charge in [-0.3, -0.25) is 4.99 Å². The average Bonchev–Trinajstić information content (AvgIpc) is 3.55. The van der Waals surface area contributed by atoms with E-state index in [2.05, 4.69) is 38.8 Å². The molecule has 0 saturated heterocycles. The van der Waals surface area contributed by atoms with Gasteiger partial charge in [0.2, 0.25) is 0 Å². The molecule has 1 heterocycles. The van der Waals surface area contributed by atoms with Crippen molar-refractivity contribution in [3.63, 3.8) is 0 Å². The molecule has 1 fully saturated rings. The van der Waals surface area contributed by atoms with Gasteiger partial charge in [0.25, 0.3) is 0 Å². The number of nitrogens with one attached hydrogen (secondary N) is 2. The van der Waals surface area contributed by atoms with E-state index in [0.29, 0.717) is 13.1 Å². The van der Waals surface area contributed by atoms with Gasteiger partial charge < -0.3 is 24.7 Å². The van der Waals surface area contributed by atoms with Gasteiger partial charge in [0, 0.05) is 38.1 Å². The molecule has 2 aromatic carbocycles. The smallest absolute Gasteiger partial charge is 0.191 e. The van der Waals surface area contributed by atoms with Crippen molar-refractivity contribution in [2.75, 3.05) is 14.2 Å². The fourth-order valence-corrected chi connectivity index (χ4v) is 4.06. The predicted molar refractivity (Wildman–Crippen MR) is 142 cm³/mol. The number of halogens is 1. The highest BCUT2D eigenvalue weighted by atomic mass is 127. The Morgan fingerprint density at radius 2 is 1.79 bits per heavy atom. The first-order chi connectivity index (χ1) is 15.8. The molecule has 4 rings (SSSR count). The zero-order valence-corrected chi connectivity index (χ0v) is 21.5. The largest absolute Gasteiger partial charge is 0.493 e. The molecule has 0 amide bonds. The van der Waals surface area contributed by atoms with E-state index in [1.165, 1.54) is 12.8 Å². The zero-order valence-electron chi connectivity index (χ0n) is 19.2. The molecule has 1 saturated carbocycles. The Labute approximate surface area is 212 Å². The van der Waals surface area contributed by atoms with Crippen LogP contribution in [0.3, 0.4) is 0 Å². The number of nitrogens with zero attached hydrogens (tertiary/aromatic N) is 3. The standard InChI is InChI=1S/C25H31N5O2.HI/c1-26-25(28-16-19-8-3-6-12-22(19)30-15-14-27-18-30)29-17-20-9-7-13-23(31-2)24(20)32-21-10-4-5-11-21;/h3,6-9,12-15,18,21H,4-5,10-11,16-17H2,1-2H3,(H2,26,28,29);1H. The normalized spacial score (nSPS) is 13.9. The van der Waals surface area contributed by atoms with Gasteiger partial charge in [-0.25, -0.2) is 4.98 Å². The molecule has 1 aliphatic carbocycles. The second-order valence-electron chi connectivity index (χ2n) is 7.85. The summed E-state index contributed by atoms with van der Waals surface area (Å²) in [5.41, 5.74) is 3.30. The molecule has 176 valence electrons. The lowest BCUT2D eigenvalue weighted by Gasteiger charge is -2.20. The van der Waals surface area contributed by atoms with Crippen LogP contribution in [0, 0.1) is 0 Å². The average molecular weight is 561 g/mol. The monoisotopic (exact) mass is 561 g/mol. The number of ether oxygens (including phenoxy) is 2. The van der Waals surface area contributed by atoms with Crippen LogP contribution in [0.5, 0.6) is 11.5 Å². The number of rotatable bonds is 8. The van der Waals surface area contributed by atoms with Crippen LogP contribution in [0.2, 0.25) is 0 Å². The summed E-state index contributed by atoms with van der Waals surface area (Å²) in [5, 5.41) is 6.82. The number of benzene rings is 2. The Kier molecular flexibility index (Phi) is 9.41. The topological polar surface area (TPSA) is 72.7 Å². The van der Waals surface area contributed by atoms with E-state index in [-0.39, 0.29) is 30.1 Å². The first-order valence-corrected chi connectivity index (χ1v) is 11.1. The molecule has 0 unspecified atom stereocenters. The summed E-state index contributed by atoms with van der Waals surface area (Å²) in [6.45, 7) is 1.22. The van der Waals surface area contributed by atoms with E-state index in [1.54, 1.807) is 26.7 Å². The summed E-state index contributed by atoms with van der Waals surface area (Å²) in [6, 6.07) is 14.3. The molecule has 0 atom stereocenters. The van der Waals surface area contributed by atoms with Crippen molar-refractivity contribution in [3.8, 4) is 17.2 Å². The van der Waals surface area contributed by atoms with Gasteiger partial charge in [-0.15, -0.1) is 24.0 Å². The van der Waals surface area contributed by atoms with Crippen LogP contribution < -0.4 is 20.1 Å². The maximum Gasteiger partial charge on any atom is 0.191 e. The number of aliphatic imine (C=N–C) groups is 1. The third-order valence-corrected chi connectivity index (χ3v) is 5.76. The number of imidazole rings is 1. The van der Waals surface area contributed by atoms with Crippen molar-refractivity contribution >= 4 is 29.9 Å². The highest BCUT2D eigenvalue weighted by molar-refractivity contribution is 14.0. The lowest BCUT2D eigenvalue weighted by molar-refractivity contribution is 0.198. The SMILES string of the molecule is CN=C(NCc1ccccc1-n1ccnc1)NCc1cccc(OC)c1OC1CCCC1.I. The molecular weight excluding hydrogens is 529 g/mol. The number of guanidine groups is 1. The van der Waals surface area contributed by atoms with Crippen LogP contribution in [0.1, 0.15) is 36.8 Å². The maximum absolute atomic E-state index is 6.35. The molecule has 3 aromatic rings. The quantitative estimate of drug-likeness (QED) is 0.237. The van der Waals surface area contributed by atoms with Gasteiger partial charge in [-0.1, -0.05) is 30.3 Å². The predicted octanol–water partition coefficient (Wildman–Crippen LogP) is 4.69. The van der Waals surface area contributed by atoms with E-state index in [1.807, 2.05) is 35.0 Å². The van der Waals surface area contributed by atoms with Crippen LogP contribution in [-0.2, 0) is 13.1 Å². The van der Waals surface area contributed by atoms with Gasteiger partial charge in [-0.2, -0.15) is 0 Å². The minimum Gasteiger partial charge on any atom is -0.493 e. The molecule has 2 N–H and O–H groups in total. The van der Waals surface area contributed by atoms with Gasteiger partial charge in [0.15, 0.2) is 17.5 Å². The van der Waals surface area contributed by atoms with Crippen molar-refractivity contribution in [1.29, 1.82) is 0 Å². The second kappa shape index (κ2) is 12.5. The van der Waals surface area contributed by atoms with E-state index in [4.69, 9.17) is 9.47 Å². The van der Waals surface area contributed by atoms with Crippen LogP contribution in [-0.4, -0.2) is 35.8 Å². The number of hydrogen-bond acceptors (Lipinski definition) is 4. The first kappa shape index (κ1) is 24.9. The van der Waals surface area contributed by atoms with Crippen molar-refractivity contribution in [1.82, 2.24) is 20.2 Å². The molecule has 7 nitrogen and oxygen atoms in total. The summed E-state index contributed by atoms with van der Waals surface area (Å²) in [4.78, 5) is 8.55. The number of para-hydroxylation sites is 2. The van der Waals surface area contributed by atoms with Crippen molar-refractivity contribution in [2.24, 2.45) is 4.99 Å². The summed E-state index contributed by atoms with van der Waals surface area (Å²) < 4.78 is 13.9. The third-order valence-electron chi connectivity index (χ3n) is 5.76. The molecule has 33 heavy (non-hydrogen) atoms. The Hall–Kier alpha value is -2.75. The van der Waals surface area contributed by atoms with Gasteiger partial charge in [-0.05, 0) is 43.4 Å². The van der Waals surface area contributed by atoms with Crippen LogP contribution in [0.25, 0.3) is 5.69 Å². The van der Waals surface area contributed by atoms with E-state index in [9.17, 15) is 0 Å². The maximum atomic E-state index is 6.35. The highest BCUT2D eigenvalue weighted by Gasteiger charge is 2.20. The second-order valence-corrected chi connectivity index (χ2v) is 7.85. The fourth-order valence-electron chi connectivity index (χ4n) is 4.06. The molecule has 0 spiro atoms. The third kappa shape index (κ3) is 6.40. The minimum atomic E-state index is 0. The van der Waals surface area contributed by atoms with Crippen molar-refractivity contribution in [3.05, 3.63) is 72.3 Å². The van der Waals surface area contributed by atoms with Crippen molar-refractivity contribution in [2.45, 2.75) is 44.9 Å². The Bertz CT molecular complexity index is 1030. The molecule has 0 bridgehead atoms. The van der Waals surface area contributed by atoms with Crippen LogP contribution >= 0.6 is 24.0 Å². The van der Waals surface area contributed by atoms with E-state index >= 15 is 0 Å². The summed E-state index contributed by atoms with van der Waals surface area (Å²) in [5.74, 6) is 2.32. The van der Waals surface area contributed by atoms with Crippen LogP contribution in [0.4, 0.5) is 0 Å². The Morgan fingerprint density at radius 1 is 1.06 bits per heavy atom. The summed E-state index contributed by atoms with van der Waals surface area (Å²) in [6.07, 6.45) is 10.5. The molecule has 1 aliphatic rings. The molecule has 8 heteroatoms. The number of aromatic nitrogens is 2. The lowest BCUT2D eigenvalue weighted by Crippen LogP contribution is -2.36. The summed E-state index contributed by atoms with van der Waals surface area (Å²) in [7, 11) is 3.46. The molecule has 1 aromatic heterocycles. The van der Waals surface area contributed by atoms with E-state index < -0.39 is 0 Å². The number of methoxy groups -OCH3 is 1. The number of hydrogen-bond donors (Lipinski definition) is 2. The molecule has 0 radical (unpaired) electrons. The minimum absolute atomic E-state index is 0. The molecule has 0 aliphatic heterocycles. The van der Waals surface area contributed by atoms with Gasteiger partial charge in [0.05, 0.1) is 25.2 Å². The summed E-state index contributed by atoms with van der Waals surface area (Å²) >= 11 is 0. The zero-order chi connectivity index (χ0) is 22.2.